The van der Waals surface area contributed by atoms with Crippen LogP contribution in [0.1, 0.15) is 77.6 Å². The molecule has 112 valence electrons. The monoisotopic (exact) mass is 268 g/mol. The van der Waals surface area contributed by atoms with Gasteiger partial charge in [-0.15, -0.1) is 0 Å². The Hall–Kier alpha value is -0.570. The molecule has 1 saturated carbocycles. The Bertz CT molecular complexity index is 239. The average molecular weight is 268 g/mol. The van der Waals surface area contributed by atoms with E-state index in [9.17, 15) is 4.79 Å². The van der Waals surface area contributed by atoms with Gasteiger partial charge in [0.2, 0.25) is 5.91 Å². The molecule has 0 aromatic heterocycles. The number of nitrogens with zero attached hydrogens (tertiary/aromatic N) is 1. The number of unbranched alkanes of at least 4 members (excludes halogenated alkanes) is 5. The molecule has 0 atom stereocenters. The van der Waals surface area contributed by atoms with Crippen LogP contribution in [0.2, 0.25) is 0 Å². The van der Waals surface area contributed by atoms with Gasteiger partial charge in [-0.2, -0.15) is 0 Å². The second kappa shape index (κ2) is 10.2. The molecule has 3 heteroatoms. The van der Waals surface area contributed by atoms with Gasteiger partial charge in [-0.3, -0.25) is 4.79 Å². The van der Waals surface area contributed by atoms with Crippen LogP contribution >= 0.6 is 0 Å². The Morgan fingerprint density at radius 1 is 1.11 bits per heavy atom. The number of hydrogen-bond donors (Lipinski definition) is 1. The maximum Gasteiger partial charge on any atom is 0.222 e. The first-order valence-corrected chi connectivity index (χ1v) is 8.29. The third-order valence-electron chi connectivity index (χ3n) is 4.18. The molecule has 0 aliphatic heterocycles. The molecule has 0 aromatic carbocycles. The summed E-state index contributed by atoms with van der Waals surface area (Å²) in [4.78, 5) is 14.4. The molecule has 0 aromatic rings. The van der Waals surface area contributed by atoms with E-state index in [1.165, 1.54) is 51.4 Å². The second-order valence-electron chi connectivity index (χ2n) is 5.83. The molecule has 3 nitrogen and oxygen atoms in total. The highest BCUT2D eigenvalue weighted by atomic mass is 16.2. The van der Waals surface area contributed by atoms with E-state index in [0.29, 0.717) is 18.5 Å². The van der Waals surface area contributed by atoms with Crippen LogP contribution in [0.25, 0.3) is 0 Å². The third kappa shape index (κ3) is 6.42. The average Bonchev–Trinajstić information content (AvgIpc) is 2.36. The molecule has 0 saturated heterocycles. The Labute approximate surface area is 118 Å². The van der Waals surface area contributed by atoms with E-state index in [1.54, 1.807) is 0 Å². The van der Waals surface area contributed by atoms with E-state index in [-0.39, 0.29) is 0 Å². The second-order valence-corrected chi connectivity index (χ2v) is 5.83. The van der Waals surface area contributed by atoms with Gasteiger partial charge in [0, 0.05) is 19.0 Å². The summed E-state index contributed by atoms with van der Waals surface area (Å²) < 4.78 is 0. The van der Waals surface area contributed by atoms with Gasteiger partial charge >= 0.3 is 0 Å². The summed E-state index contributed by atoms with van der Waals surface area (Å²) in [6, 6.07) is 0.527. The molecule has 1 rings (SSSR count). The number of hydrogen-bond acceptors (Lipinski definition) is 2. The molecule has 1 aliphatic rings. The van der Waals surface area contributed by atoms with Crippen molar-refractivity contribution in [1.82, 2.24) is 4.90 Å². The van der Waals surface area contributed by atoms with Crippen molar-refractivity contribution in [2.24, 2.45) is 5.73 Å². The summed E-state index contributed by atoms with van der Waals surface area (Å²) in [5, 5.41) is 0. The van der Waals surface area contributed by atoms with Crippen molar-refractivity contribution in [2.45, 2.75) is 83.6 Å². The summed E-state index contributed by atoms with van der Waals surface area (Å²) in [5.41, 5.74) is 5.57. The number of carbonyl (C=O) groups excluding carboxylic acids is 1. The lowest BCUT2D eigenvalue weighted by Gasteiger charge is -2.37. The van der Waals surface area contributed by atoms with E-state index < -0.39 is 0 Å². The van der Waals surface area contributed by atoms with Crippen LogP contribution in [-0.4, -0.2) is 29.9 Å². The Balaban J connectivity index is 2.15. The molecule has 0 unspecified atom stereocenters. The molecular formula is C16H32N2O. The summed E-state index contributed by atoms with van der Waals surface area (Å²) in [6.07, 6.45) is 12.9. The van der Waals surface area contributed by atoms with Crippen molar-refractivity contribution in [3.63, 3.8) is 0 Å². The quantitative estimate of drug-likeness (QED) is 0.583. The zero-order chi connectivity index (χ0) is 13.9. The van der Waals surface area contributed by atoms with Crippen molar-refractivity contribution in [3.05, 3.63) is 0 Å². The molecule has 1 amide bonds. The SMILES string of the molecule is CCCCCCCCC(=O)N(CCCN)C1CCC1. The van der Waals surface area contributed by atoms with Crippen molar-refractivity contribution >= 4 is 5.91 Å². The first kappa shape index (κ1) is 16.5. The lowest BCUT2D eigenvalue weighted by atomic mass is 9.91. The maximum absolute atomic E-state index is 12.3. The van der Waals surface area contributed by atoms with Crippen molar-refractivity contribution < 1.29 is 4.79 Å². The molecule has 1 fully saturated rings. The van der Waals surface area contributed by atoms with Crippen molar-refractivity contribution in [1.29, 1.82) is 0 Å². The minimum atomic E-state index is 0.369. The number of amides is 1. The van der Waals surface area contributed by atoms with Crippen LogP contribution in [-0.2, 0) is 4.79 Å². The Morgan fingerprint density at radius 2 is 1.79 bits per heavy atom. The minimum Gasteiger partial charge on any atom is -0.340 e. The molecule has 0 bridgehead atoms. The number of carbonyl (C=O) groups is 1. The fourth-order valence-electron chi connectivity index (χ4n) is 2.67. The van der Waals surface area contributed by atoms with Gasteiger partial charge < -0.3 is 10.6 Å². The normalized spacial score (nSPS) is 15.3. The summed E-state index contributed by atoms with van der Waals surface area (Å²) in [5.74, 6) is 0.369. The highest BCUT2D eigenvalue weighted by molar-refractivity contribution is 5.76. The summed E-state index contributed by atoms with van der Waals surface area (Å²) in [6.45, 7) is 3.79. The minimum absolute atomic E-state index is 0.369. The zero-order valence-electron chi connectivity index (χ0n) is 12.7. The van der Waals surface area contributed by atoms with Gasteiger partial charge in [0.05, 0.1) is 0 Å². The predicted molar refractivity (Wildman–Crippen MR) is 81.0 cm³/mol. The molecular weight excluding hydrogens is 236 g/mol. The number of nitrogens with two attached hydrogens (primary N) is 1. The van der Waals surface area contributed by atoms with E-state index in [0.717, 1.165) is 25.8 Å². The third-order valence-corrected chi connectivity index (χ3v) is 4.18. The van der Waals surface area contributed by atoms with Gasteiger partial charge in [0.25, 0.3) is 0 Å². The van der Waals surface area contributed by atoms with Gasteiger partial charge in [-0.05, 0) is 38.6 Å². The van der Waals surface area contributed by atoms with Gasteiger partial charge in [0.1, 0.15) is 0 Å². The Morgan fingerprint density at radius 3 is 2.37 bits per heavy atom. The highest BCUT2D eigenvalue weighted by Gasteiger charge is 2.27. The fourth-order valence-corrected chi connectivity index (χ4v) is 2.67. The van der Waals surface area contributed by atoms with E-state index in [2.05, 4.69) is 11.8 Å². The van der Waals surface area contributed by atoms with E-state index >= 15 is 0 Å². The first-order valence-electron chi connectivity index (χ1n) is 8.29. The Kier molecular flexibility index (Phi) is 8.89. The number of rotatable bonds is 11. The van der Waals surface area contributed by atoms with Crippen molar-refractivity contribution in [3.8, 4) is 0 Å². The predicted octanol–water partition coefficient (Wildman–Crippen LogP) is 3.47. The first-order chi connectivity index (χ1) is 9.29. The van der Waals surface area contributed by atoms with Crippen LogP contribution in [0.15, 0.2) is 0 Å². The van der Waals surface area contributed by atoms with Crippen LogP contribution in [0, 0.1) is 0 Å². The van der Waals surface area contributed by atoms with Gasteiger partial charge in [0.15, 0.2) is 0 Å². The lowest BCUT2D eigenvalue weighted by molar-refractivity contribution is -0.135. The molecule has 2 N–H and O–H groups in total. The molecule has 19 heavy (non-hydrogen) atoms. The summed E-state index contributed by atoms with van der Waals surface area (Å²) >= 11 is 0. The van der Waals surface area contributed by atoms with Crippen LogP contribution < -0.4 is 5.73 Å². The largest absolute Gasteiger partial charge is 0.340 e. The van der Waals surface area contributed by atoms with Gasteiger partial charge in [-0.1, -0.05) is 39.0 Å². The molecule has 0 heterocycles. The maximum atomic E-state index is 12.3. The van der Waals surface area contributed by atoms with Crippen molar-refractivity contribution in [2.75, 3.05) is 13.1 Å². The van der Waals surface area contributed by atoms with Crippen LogP contribution in [0.5, 0.6) is 0 Å². The topological polar surface area (TPSA) is 46.3 Å². The van der Waals surface area contributed by atoms with Crippen LogP contribution in [0.4, 0.5) is 0 Å². The molecule has 1 aliphatic carbocycles. The lowest BCUT2D eigenvalue weighted by Crippen LogP contribution is -2.45. The highest BCUT2D eigenvalue weighted by Crippen LogP contribution is 2.25. The van der Waals surface area contributed by atoms with E-state index in [1.807, 2.05) is 0 Å². The van der Waals surface area contributed by atoms with Crippen LogP contribution in [0.3, 0.4) is 0 Å². The molecule has 0 radical (unpaired) electrons. The fraction of sp³-hybridized carbons (Fsp3) is 0.938. The smallest absolute Gasteiger partial charge is 0.222 e. The van der Waals surface area contributed by atoms with E-state index in [4.69, 9.17) is 5.73 Å². The standard InChI is InChI=1S/C16H32N2O/c1-2-3-4-5-6-7-12-16(19)18(14-9-13-17)15-10-8-11-15/h15H,2-14,17H2,1H3. The summed E-state index contributed by atoms with van der Waals surface area (Å²) in [7, 11) is 0. The van der Waals surface area contributed by atoms with Gasteiger partial charge in [-0.25, -0.2) is 0 Å². The molecule has 0 spiro atoms. The zero-order valence-corrected chi connectivity index (χ0v) is 12.7.